The summed E-state index contributed by atoms with van der Waals surface area (Å²) in [6.45, 7) is 1.61. The molecule has 0 saturated carbocycles. The number of hydrogen-bond acceptors (Lipinski definition) is 3. The topological polar surface area (TPSA) is 50.4 Å². The standard InChI is InChI=1S/C10H9N3O/c1-8(14)2-3-9-4-5-10-11-6-7-13(10)12-9/h4-8,14H,1H3. The van der Waals surface area contributed by atoms with Gasteiger partial charge in [0.1, 0.15) is 11.8 Å². The van der Waals surface area contributed by atoms with Gasteiger partial charge in [0.25, 0.3) is 0 Å². The van der Waals surface area contributed by atoms with Crippen molar-refractivity contribution in [3.8, 4) is 11.8 Å². The Balaban J connectivity index is 2.41. The maximum Gasteiger partial charge on any atom is 0.153 e. The third-order valence-corrected chi connectivity index (χ3v) is 1.66. The summed E-state index contributed by atoms with van der Waals surface area (Å²) < 4.78 is 1.64. The minimum Gasteiger partial charge on any atom is -0.381 e. The Kier molecular flexibility index (Phi) is 2.17. The lowest BCUT2D eigenvalue weighted by Gasteiger charge is -1.93. The number of aliphatic hydroxyl groups is 1. The SMILES string of the molecule is CC(O)C#Cc1ccc2nccn2n1. The van der Waals surface area contributed by atoms with Crippen molar-refractivity contribution in [2.75, 3.05) is 0 Å². The van der Waals surface area contributed by atoms with Crippen molar-refractivity contribution in [2.24, 2.45) is 0 Å². The molecule has 0 aromatic carbocycles. The molecule has 14 heavy (non-hydrogen) atoms. The van der Waals surface area contributed by atoms with E-state index in [0.717, 1.165) is 5.65 Å². The molecule has 4 nitrogen and oxygen atoms in total. The third-order valence-electron chi connectivity index (χ3n) is 1.66. The molecule has 2 aromatic rings. The second-order valence-electron chi connectivity index (χ2n) is 2.89. The number of hydrogen-bond donors (Lipinski definition) is 1. The van der Waals surface area contributed by atoms with Crippen LogP contribution in [0.2, 0.25) is 0 Å². The number of fused-ring (bicyclic) bond motifs is 1. The van der Waals surface area contributed by atoms with E-state index in [-0.39, 0.29) is 0 Å². The van der Waals surface area contributed by atoms with Crippen LogP contribution in [0.15, 0.2) is 24.5 Å². The predicted molar refractivity (Wildman–Crippen MR) is 51.5 cm³/mol. The van der Waals surface area contributed by atoms with Gasteiger partial charge in [-0.15, -0.1) is 0 Å². The fraction of sp³-hybridized carbons (Fsp3) is 0.200. The molecular formula is C10H9N3O. The highest BCUT2D eigenvalue weighted by atomic mass is 16.3. The molecule has 2 heterocycles. The van der Waals surface area contributed by atoms with Gasteiger partial charge in [0.05, 0.1) is 0 Å². The van der Waals surface area contributed by atoms with Crippen LogP contribution in [-0.2, 0) is 0 Å². The van der Waals surface area contributed by atoms with Crippen LogP contribution in [0.1, 0.15) is 12.6 Å². The molecule has 0 aliphatic heterocycles. The number of aliphatic hydroxyl groups excluding tert-OH is 1. The van der Waals surface area contributed by atoms with Crippen molar-refractivity contribution in [2.45, 2.75) is 13.0 Å². The van der Waals surface area contributed by atoms with Gasteiger partial charge in [-0.1, -0.05) is 5.92 Å². The fourth-order valence-corrected chi connectivity index (χ4v) is 1.06. The average molecular weight is 187 g/mol. The van der Waals surface area contributed by atoms with Crippen LogP contribution in [0, 0.1) is 11.8 Å². The molecule has 1 atom stereocenters. The second kappa shape index (κ2) is 3.48. The van der Waals surface area contributed by atoms with Crippen LogP contribution < -0.4 is 0 Å². The lowest BCUT2D eigenvalue weighted by molar-refractivity contribution is 0.253. The Morgan fingerprint density at radius 2 is 2.36 bits per heavy atom. The minimum absolute atomic E-state index is 0.622. The molecule has 2 aromatic heterocycles. The van der Waals surface area contributed by atoms with E-state index in [0.29, 0.717) is 5.69 Å². The minimum atomic E-state index is -0.629. The van der Waals surface area contributed by atoms with Crippen molar-refractivity contribution in [1.29, 1.82) is 0 Å². The molecule has 4 heteroatoms. The fourth-order valence-electron chi connectivity index (χ4n) is 1.06. The molecule has 0 fully saturated rings. The highest BCUT2D eigenvalue weighted by Gasteiger charge is 1.94. The van der Waals surface area contributed by atoms with E-state index < -0.39 is 6.10 Å². The smallest absolute Gasteiger partial charge is 0.153 e. The highest BCUT2D eigenvalue weighted by molar-refractivity contribution is 5.39. The van der Waals surface area contributed by atoms with Crippen molar-refractivity contribution in [3.05, 3.63) is 30.2 Å². The molecule has 0 aliphatic carbocycles. The zero-order valence-corrected chi connectivity index (χ0v) is 7.68. The highest BCUT2D eigenvalue weighted by Crippen LogP contribution is 1.99. The molecular weight excluding hydrogens is 178 g/mol. The summed E-state index contributed by atoms with van der Waals surface area (Å²) in [5, 5.41) is 13.1. The van der Waals surface area contributed by atoms with Crippen LogP contribution in [0.3, 0.4) is 0 Å². The van der Waals surface area contributed by atoms with Crippen molar-refractivity contribution >= 4 is 5.65 Å². The van der Waals surface area contributed by atoms with E-state index in [1.807, 2.05) is 6.07 Å². The summed E-state index contributed by atoms with van der Waals surface area (Å²) in [6.07, 6.45) is 2.80. The summed E-state index contributed by atoms with van der Waals surface area (Å²) in [6, 6.07) is 3.61. The van der Waals surface area contributed by atoms with Crippen molar-refractivity contribution in [1.82, 2.24) is 14.6 Å². The van der Waals surface area contributed by atoms with Gasteiger partial charge in [-0.25, -0.2) is 9.50 Å². The number of nitrogens with zero attached hydrogens (tertiary/aromatic N) is 3. The van der Waals surface area contributed by atoms with Gasteiger partial charge in [0.2, 0.25) is 0 Å². The predicted octanol–water partition coefficient (Wildman–Crippen LogP) is 0.462. The first-order valence-electron chi connectivity index (χ1n) is 4.26. The van der Waals surface area contributed by atoms with Crippen LogP contribution >= 0.6 is 0 Å². The Morgan fingerprint density at radius 1 is 1.50 bits per heavy atom. The van der Waals surface area contributed by atoms with Gasteiger partial charge < -0.3 is 5.11 Å². The van der Waals surface area contributed by atoms with E-state index in [2.05, 4.69) is 21.9 Å². The van der Waals surface area contributed by atoms with Gasteiger partial charge in [0.15, 0.2) is 5.65 Å². The lowest BCUT2D eigenvalue weighted by Crippen LogP contribution is -1.96. The average Bonchev–Trinajstić information content (AvgIpc) is 2.61. The number of imidazole rings is 1. The van der Waals surface area contributed by atoms with Crippen LogP contribution in [-0.4, -0.2) is 25.8 Å². The quantitative estimate of drug-likeness (QED) is 0.610. The summed E-state index contributed by atoms with van der Waals surface area (Å²) in [5.74, 6) is 5.39. The first-order valence-corrected chi connectivity index (χ1v) is 4.26. The van der Waals surface area contributed by atoms with E-state index in [4.69, 9.17) is 5.11 Å². The van der Waals surface area contributed by atoms with Gasteiger partial charge >= 0.3 is 0 Å². The molecule has 1 unspecified atom stereocenters. The molecule has 0 radical (unpaired) electrons. The van der Waals surface area contributed by atoms with Gasteiger partial charge in [-0.3, -0.25) is 0 Å². The molecule has 0 amide bonds. The summed E-state index contributed by atoms with van der Waals surface area (Å²) in [4.78, 5) is 4.06. The summed E-state index contributed by atoms with van der Waals surface area (Å²) in [5.41, 5.74) is 1.41. The van der Waals surface area contributed by atoms with Crippen LogP contribution in [0.5, 0.6) is 0 Å². The number of rotatable bonds is 0. The summed E-state index contributed by atoms with van der Waals surface area (Å²) >= 11 is 0. The Bertz CT molecular complexity index is 505. The monoisotopic (exact) mass is 187 g/mol. The maximum absolute atomic E-state index is 8.97. The zero-order valence-electron chi connectivity index (χ0n) is 7.68. The number of aromatic nitrogens is 3. The van der Waals surface area contributed by atoms with Gasteiger partial charge in [-0.2, -0.15) is 5.10 Å². The van der Waals surface area contributed by atoms with E-state index in [1.54, 1.807) is 29.9 Å². The molecule has 2 rings (SSSR count). The molecule has 0 bridgehead atoms. The third kappa shape index (κ3) is 1.73. The van der Waals surface area contributed by atoms with Crippen molar-refractivity contribution in [3.63, 3.8) is 0 Å². The second-order valence-corrected chi connectivity index (χ2v) is 2.89. The van der Waals surface area contributed by atoms with Crippen molar-refractivity contribution < 1.29 is 5.11 Å². The molecule has 0 aliphatic rings. The maximum atomic E-state index is 8.97. The van der Waals surface area contributed by atoms with E-state index in [1.165, 1.54) is 0 Å². The van der Waals surface area contributed by atoms with Gasteiger partial charge in [-0.05, 0) is 25.0 Å². The van der Waals surface area contributed by atoms with Gasteiger partial charge in [0, 0.05) is 12.4 Å². The normalized spacial score (nSPS) is 12.1. The van der Waals surface area contributed by atoms with Crippen LogP contribution in [0.4, 0.5) is 0 Å². The first-order chi connectivity index (χ1) is 6.75. The lowest BCUT2D eigenvalue weighted by atomic mass is 10.3. The van der Waals surface area contributed by atoms with Crippen LogP contribution in [0.25, 0.3) is 5.65 Å². The largest absolute Gasteiger partial charge is 0.381 e. The van der Waals surface area contributed by atoms with E-state index >= 15 is 0 Å². The molecule has 0 saturated heterocycles. The molecule has 0 spiro atoms. The molecule has 1 N–H and O–H groups in total. The molecule has 70 valence electrons. The summed E-state index contributed by atoms with van der Waals surface area (Å²) in [7, 11) is 0. The Hall–Kier alpha value is -1.86. The Morgan fingerprint density at radius 3 is 3.14 bits per heavy atom. The Labute approximate surface area is 81.2 Å². The first kappa shape index (κ1) is 8.73. The zero-order chi connectivity index (χ0) is 9.97. The van der Waals surface area contributed by atoms with E-state index in [9.17, 15) is 0 Å².